The van der Waals surface area contributed by atoms with Crippen LogP contribution in [-0.2, 0) is 21.5 Å². The first-order chi connectivity index (χ1) is 16.2. The third-order valence-electron chi connectivity index (χ3n) is 6.90. The van der Waals surface area contributed by atoms with Crippen molar-refractivity contribution in [1.29, 1.82) is 0 Å². The molecule has 1 saturated heterocycles. The molecular formula is C29H41NO4. The van der Waals surface area contributed by atoms with Crippen molar-refractivity contribution in [3.05, 3.63) is 59.7 Å². The van der Waals surface area contributed by atoms with Crippen LogP contribution in [0, 0.1) is 5.92 Å². The lowest BCUT2D eigenvalue weighted by Crippen LogP contribution is -2.43. The van der Waals surface area contributed by atoms with Gasteiger partial charge in [-0.05, 0) is 62.8 Å². The van der Waals surface area contributed by atoms with Gasteiger partial charge >= 0.3 is 0 Å². The fourth-order valence-electron chi connectivity index (χ4n) is 4.93. The van der Waals surface area contributed by atoms with E-state index < -0.39 is 0 Å². The van der Waals surface area contributed by atoms with Crippen molar-refractivity contribution in [3.63, 3.8) is 0 Å². The highest BCUT2D eigenvalue weighted by Crippen LogP contribution is 2.45. The van der Waals surface area contributed by atoms with Gasteiger partial charge in [-0.2, -0.15) is 0 Å². The lowest BCUT2D eigenvalue weighted by Gasteiger charge is -2.44. The number of carbonyl (C=O) groups excluding carboxylic acids is 1. The van der Waals surface area contributed by atoms with Crippen LogP contribution in [0.1, 0.15) is 65.0 Å². The number of rotatable bonds is 10. The fraction of sp³-hybridized carbons (Fsp3) is 0.552. The van der Waals surface area contributed by atoms with E-state index in [-0.39, 0.29) is 23.5 Å². The molecule has 186 valence electrons. The third-order valence-corrected chi connectivity index (χ3v) is 6.90. The molecule has 0 spiro atoms. The molecule has 0 aromatic heterocycles. The first kappa shape index (κ1) is 26.1. The molecule has 0 unspecified atom stereocenters. The summed E-state index contributed by atoms with van der Waals surface area (Å²) in [6.45, 7) is 12.1. The van der Waals surface area contributed by atoms with Gasteiger partial charge in [-0.25, -0.2) is 0 Å². The van der Waals surface area contributed by atoms with Crippen LogP contribution < -0.4 is 9.47 Å². The summed E-state index contributed by atoms with van der Waals surface area (Å²) in [6, 6.07) is 16.4. The van der Waals surface area contributed by atoms with E-state index in [1.54, 1.807) is 14.0 Å². The van der Waals surface area contributed by atoms with E-state index in [4.69, 9.17) is 14.2 Å². The highest BCUT2D eigenvalue weighted by Gasteiger charge is 2.41. The maximum atomic E-state index is 12.6. The summed E-state index contributed by atoms with van der Waals surface area (Å²) in [4.78, 5) is 14.6. The smallest absolute Gasteiger partial charge is 0.219 e. The number of hydrogen-bond acceptors (Lipinski definition) is 4. The molecule has 2 aromatic carbocycles. The van der Waals surface area contributed by atoms with Gasteiger partial charge in [0.25, 0.3) is 0 Å². The van der Waals surface area contributed by atoms with Crippen LogP contribution >= 0.6 is 0 Å². The Hall–Kier alpha value is -2.53. The predicted molar refractivity (Wildman–Crippen MR) is 136 cm³/mol. The second-order valence-electron chi connectivity index (χ2n) is 10.1. The van der Waals surface area contributed by atoms with Gasteiger partial charge in [-0.1, -0.05) is 44.2 Å². The minimum Gasteiger partial charge on any atom is -0.496 e. The van der Waals surface area contributed by atoms with E-state index in [0.717, 1.165) is 42.9 Å². The highest BCUT2D eigenvalue weighted by atomic mass is 16.5. The molecule has 0 bridgehead atoms. The van der Waals surface area contributed by atoms with Crippen molar-refractivity contribution >= 4 is 5.91 Å². The molecule has 1 heterocycles. The largest absolute Gasteiger partial charge is 0.496 e. The molecular weight excluding hydrogens is 426 g/mol. The molecule has 2 atom stereocenters. The zero-order valence-corrected chi connectivity index (χ0v) is 21.7. The quantitative estimate of drug-likeness (QED) is 0.430. The number of carbonyl (C=O) groups is 1. The minimum atomic E-state index is -0.0948. The first-order valence-electron chi connectivity index (χ1n) is 12.5. The Morgan fingerprint density at radius 1 is 1.12 bits per heavy atom. The van der Waals surface area contributed by atoms with Gasteiger partial charge in [-0.3, -0.25) is 4.79 Å². The molecule has 5 heteroatoms. The fourth-order valence-corrected chi connectivity index (χ4v) is 4.93. The molecule has 1 aliphatic heterocycles. The Kier molecular flexibility index (Phi) is 9.01. The normalized spacial score (nSPS) is 20.4. The van der Waals surface area contributed by atoms with Crippen LogP contribution in [0.2, 0.25) is 0 Å². The van der Waals surface area contributed by atoms with Crippen LogP contribution in [-0.4, -0.2) is 43.3 Å². The average molecular weight is 468 g/mol. The second-order valence-corrected chi connectivity index (χ2v) is 10.1. The van der Waals surface area contributed by atoms with Crippen molar-refractivity contribution in [2.45, 2.75) is 78.0 Å². The van der Waals surface area contributed by atoms with E-state index in [0.29, 0.717) is 19.0 Å². The predicted octanol–water partition coefficient (Wildman–Crippen LogP) is 5.99. The van der Waals surface area contributed by atoms with E-state index in [9.17, 15) is 4.79 Å². The molecule has 1 amide bonds. The number of benzene rings is 2. The Balaban J connectivity index is 1.81. The average Bonchev–Trinajstić information content (AvgIpc) is 2.82. The summed E-state index contributed by atoms with van der Waals surface area (Å²) in [7, 11) is 1.74. The van der Waals surface area contributed by atoms with Gasteiger partial charge in [0, 0.05) is 37.6 Å². The Labute approximate surface area is 205 Å². The number of hydrogen-bond donors (Lipinski definition) is 0. The van der Waals surface area contributed by atoms with Crippen molar-refractivity contribution in [2.75, 3.05) is 20.3 Å². The van der Waals surface area contributed by atoms with Crippen LogP contribution in [0.15, 0.2) is 48.5 Å². The first-order valence-corrected chi connectivity index (χ1v) is 12.5. The van der Waals surface area contributed by atoms with Crippen LogP contribution in [0.25, 0.3) is 0 Å². The molecule has 1 aliphatic rings. The topological polar surface area (TPSA) is 48.0 Å². The van der Waals surface area contributed by atoms with Gasteiger partial charge in [0.2, 0.25) is 5.91 Å². The van der Waals surface area contributed by atoms with Gasteiger partial charge in [0.1, 0.15) is 11.5 Å². The lowest BCUT2D eigenvalue weighted by molar-refractivity contribution is -0.130. The number of para-hydroxylation sites is 1. The summed E-state index contributed by atoms with van der Waals surface area (Å²) in [5.74, 6) is 2.29. The van der Waals surface area contributed by atoms with Crippen molar-refractivity contribution < 1.29 is 19.0 Å². The summed E-state index contributed by atoms with van der Waals surface area (Å²) in [5.41, 5.74) is 2.23. The Bertz CT molecular complexity index is 924. The zero-order chi connectivity index (χ0) is 24.7. The van der Waals surface area contributed by atoms with Gasteiger partial charge in [-0.15, -0.1) is 0 Å². The third kappa shape index (κ3) is 6.53. The minimum absolute atomic E-state index is 0.0881. The molecule has 3 rings (SSSR count). The molecule has 0 N–H and O–H groups in total. The van der Waals surface area contributed by atoms with Crippen LogP contribution in [0.4, 0.5) is 0 Å². The summed E-state index contributed by atoms with van der Waals surface area (Å²) in [5, 5.41) is 0. The SMILES string of the molecule is COc1ccccc1[C@@]1(CCN(Cc2ccc(OC(C)C)cc2)C(C)=O)CCO[C@@H](C(C)C)C1. The molecule has 2 aromatic rings. The van der Waals surface area contributed by atoms with Gasteiger partial charge < -0.3 is 19.1 Å². The molecule has 34 heavy (non-hydrogen) atoms. The van der Waals surface area contributed by atoms with Crippen molar-refractivity contribution in [3.8, 4) is 11.5 Å². The number of amides is 1. The summed E-state index contributed by atoms with van der Waals surface area (Å²) in [6.07, 6.45) is 3.05. The lowest BCUT2D eigenvalue weighted by atomic mass is 9.68. The summed E-state index contributed by atoms with van der Waals surface area (Å²) >= 11 is 0. The van der Waals surface area contributed by atoms with E-state index in [2.05, 4.69) is 26.0 Å². The highest BCUT2D eigenvalue weighted by molar-refractivity contribution is 5.73. The standard InChI is InChI=1S/C29H41NO4/c1-21(2)28-19-29(16-18-33-28,26-9-7-8-10-27(26)32-6)15-17-30(23(5)31)20-24-11-13-25(14-12-24)34-22(3)4/h7-14,21-22,28H,15-20H2,1-6H3/t28-,29+/m1/s1. The molecule has 1 fully saturated rings. The van der Waals surface area contributed by atoms with Crippen LogP contribution in [0.3, 0.4) is 0 Å². The molecule has 0 saturated carbocycles. The van der Waals surface area contributed by atoms with E-state index in [1.807, 2.05) is 55.1 Å². The Morgan fingerprint density at radius 3 is 2.44 bits per heavy atom. The van der Waals surface area contributed by atoms with Crippen LogP contribution in [0.5, 0.6) is 11.5 Å². The van der Waals surface area contributed by atoms with Gasteiger partial charge in [0.15, 0.2) is 0 Å². The maximum Gasteiger partial charge on any atom is 0.219 e. The molecule has 5 nitrogen and oxygen atoms in total. The molecule has 0 radical (unpaired) electrons. The zero-order valence-electron chi connectivity index (χ0n) is 21.7. The number of methoxy groups -OCH3 is 1. The van der Waals surface area contributed by atoms with E-state index >= 15 is 0 Å². The number of ether oxygens (including phenoxy) is 3. The monoisotopic (exact) mass is 467 g/mol. The molecule has 0 aliphatic carbocycles. The van der Waals surface area contributed by atoms with Gasteiger partial charge in [0.05, 0.1) is 19.3 Å². The number of nitrogens with zero attached hydrogens (tertiary/aromatic N) is 1. The second kappa shape index (κ2) is 11.7. The summed E-state index contributed by atoms with van der Waals surface area (Å²) < 4.78 is 17.7. The van der Waals surface area contributed by atoms with E-state index in [1.165, 1.54) is 5.56 Å². The van der Waals surface area contributed by atoms with Crippen molar-refractivity contribution in [2.24, 2.45) is 5.92 Å². The maximum absolute atomic E-state index is 12.6. The Morgan fingerprint density at radius 2 is 1.82 bits per heavy atom. The van der Waals surface area contributed by atoms with Crippen molar-refractivity contribution in [1.82, 2.24) is 4.90 Å².